The van der Waals surface area contributed by atoms with Gasteiger partial charge < -0.3 is 25.1 Å². The summed E-state index contributed by atoms with van der Waals surface area (Å²) >= 11 is 0. The van der Waals surface area contributed by atoms with E-state index >= 15 is 0 Å². The van der Waals surface area contributed by atoms with E-state index < -0.39 is 0 Å². The van der Waals surface area contributed by atoms with E-state index in [1.807, 2.05) is 54.7 Å². The van der Waals surface area contributed by atoms with Crippen LogP contribution in [-0.2, 0) is 4.74 Å². The monoisotopic (exact) mass is 337 g/mol. The van der Waals surface area contributed by atoms with Crippen LogP contribution < -0.4 is 15.4 Å². The van der Waals surface area contributed by atoms with Crippen LogP contribution in [0, 0.1) is 0 Å². The number of carbonyl (C=O) groups is 1. The van der Waals surface area contributed by atoms with Gasteiger partial charge in [0.25, 0.3) is 0 Å². The number of ether oxygens (including phenoxy) is 2. The third-order valence-electron chi connectivity index (χ3n) is 4.16. The highest BCUT2D eigenvalue weighted by atomic mass is 16.5. The molecule has 1 aliphatic rings. The highest BCUT2D eigenvalue weighted by molar-refractivity contribution is 6.06. The Morgan fingerprint density at radius 1 is 1.08 bits per heavy atom. The number of benzene rings is 2. The van der Waals surface area contributed by atoms with Crippen molar-refractivity contribution in [2.24, 2.45) is 0 Å². The minimum absolute atomic E-state index is 0.0274. The van der Waals surface area contributed by atoms with Crippen LogP contribution in [0.2, 0.25) is 0 Å². The van der Waals surface area contributed by atoms with Crippen LogP contribution in [0.1, 0.15) is 6.42 Å². The molecular formula is C19H19N3O3. The Hall–Kier alpha value is -2.99. The number of aromatic nitrogens is 1. The highest BCUT2D eigenvalue weighted by Crippen LogP contribution is 2.27. The predicted molar refractivity (Wildman–Crippen MR) is 97.2 cm³/mol. The maximum absolute atomic E-state index is 12.4. The van der Waals surface area contributed by atoms with E-state index in [1.165, 1.54) is 0 Å². The van der Waals surface area contributed by atoms with Gasteiger partial charge in [-0.3, -0.25) is 0 Å². The minimum atomic E-state index is -0.313. The van der Waals surface area contributed by atoms with Crippen molar-refractivity contribution in [1.29, 1.82) is 0 Å². The van der Waals surface area contributed by atoms with Crippen molar-refractivity contribution in [1.82, 2.24) is 4.98 Å². The third kappa shape index (κ3) is 3.44. The number of amides is 2. The first-order valence-electron chi connectivity index (χ1n) is 8.27. The predicted octanol–water partition coefficient (Wildman–Crippen LogP) is 3.98. The normalized spacial score (nSPS) is 16.7. The van der Waals surface area contributed by atoms with Crippen molar-refractivity contribution in [3.63, 3.8) is 0 Å². The lowest BCUT2D eigenvalue weighted by molar-refractivity contribution is 0.142. The number of carbonyl (C=O) groups excluding carboxylic acids is 1. The number of para-hydroxylation sites is 2. The lowest BCUT2D eigenvalue weighted by Gasteiger charge is -2.16. The maximum atomic E-state index is 12.4. The first kappa shape index (κ1) is 15.5. The molecule has 1 saturated heterocycles. The molecule has 1 fully saturated rings. The second-order valence-corrected chi connectivity index (χ2v) is 5.92. The van der Waals surface area contributed by atoms with Gasteiger partial charge >= 0.3 is 6.03 Å². The molecule has 0 bridgehead atoms. The van der Waals surface area contributed by atoms with Gasteiger partial charge in [-0.15, -0.1) is 0 Å². The molecule has 6 nitrogen and oxygen atoms in total. The summed E-state index contributed by atoms with van der Waals surface area (Å²) in [7, 11) is 0. The van der Waals surface area contributed by atoms with Gasteiger partial charge in [0.15, 0.2) is 0 Å². The molecule has 2 heterocycles. The van der Waals surface area contributed by atoms with Crippen molar-refractivity contribution in [3.05, 3.63) is 54.7 Å². The van der Waals surface area contributed by atoms with Gasteiger partial charge in [-0.1, -0.05) is 18.2 Å². The van der Waals surface area contributed by atoms with Gasteiger partial charge in [0, 0.05) is 23.5 Å². The topological polar surface area (TPSA) is 75.4 Å². The van der Waals surface area contributed by atoms with Gasteiger partial charge in [-0.2, -0.15) is 0 Å². The molecule has 1 atom stereocenters. The lowest BCUT2D eigenvalue weighted by atomic mass is 10.2. The number of H-pyrrole nitrogens is 1. The number of anilines is 2. The van der Waals surface area contributed by atoms with E-state index in [4.69, 9.17) is 9.47 Å². The zero-order valence-electron chi connectivity index (χ0n) is 13.6. The summed E-state index contributed by atoms with van der Waals surface area (Å²) in [6, 6.07) is 14.8. The van der Waals surface area contributed by atoms with E-state index in [1.54, 1.807) is 0 Å². The molecule has 2 amide bonds. The van der Waals surface area contributed by atoms with Crippen LogP contribution in [-0.4, -0.2) is 30.3 Å². The standard InChI is InChI=1S/C19H19N3O3/c23-19(21-16-6-3-5-15-14(16)8-10-20-15)22-17-4-1-2-7-18(17)25-13-9-11-24-12-13/h1-8,10,13,20H,9,11-12H2,(H2,21,22,23)/t13-/m0/s1. The van der Waals surface area contributed by atoms with Crippen molar-refractivity contribution in [2.45, 2.75) is 12.5 Å². The molecule has 25 heavy (non-hydrogen) atoms. The zero-order chi connectivity index (χ0) is 17.1. The molecule has 1 aliphatic heterocycles. The molecule has 4 rings (SSSR count). The summed E-state index contributed by atoms with van der Waals surface area (Å²) in [5.41, 5.74) is 2.36. The van der Waals surface area contributed by atoms with Gasteiger partial charge in [0.05, 0.1) is 24.6 Å². The minimum Gasteiger partial charge on any atom is -0.486 e. The molecule has 0 unspecified atom stereocenters. The average molecular weight is 337 g/mol. The Balaban J connectivity index is 1.48. The zero-order valence-corrected chi connectivity index (χ0v) is 13.6. The molecular weight excluding hydrogens is 318 g/mol. The molecule has 0 spiro atoms. The lowest BCUT2D eigenvalue weighted by Crippen LogP contribution is -2.21. The Morgan fingerprint density at radius 2 is 1.92 bits per heavy atom. The number of hydrogen-bond donors (Lipinski definition) is 3. The van der Waals surface area contributed by atoms with E-state index in [9.17, 15) is 4.79 Å². The number of aromatic amines is 1. The number of rotatable bonds is 4. The Kier molecular flexibility index (Phi) is 4.26. The quantitative estimate of drug-likeness (QED) is 0.674. The van der Waals surface area contributed by atoms with Crippen LogP contribution in [0.4, 0.5) is 16.2 Å². The van der Waals surface area contributed by atoms with Crippen molar-refractivity contribution in [2.75, 3.05) is 23.8 Å². The van der Waals surface area contributed by atoms with Crippen LogP contribution in [0.5, 0.6) is 5.75 Å². The average Bonchev–Trinajstić information content (AvgIpc) is 3.28. The van der Waals surface area contributed by atoms with E-state index in [0.29, 0.717) is 24.7 Å². The molecule has 0 aliphatic carbocycles. The smallest absolute Gasteiger partial charge is 0.323 e. The molecule has 6 heteroatoms. The number of urea groups is 1. The SMILES string of the molecule is O=C(Nc1ccccc1O[C@H]1CCOC1)Nc1cccc2[nH]ccc12. The summed E-state index contributed by atoms with van der Waals surface area (Å²) in [4.78, 5) is 15.6. The molecule has 2 aromatic carbocycles. The number of nitrogens with one attached hydrogen (secondary N) is 3. The highest BCUT2D eigenvalue weighted by Gasteiger charge is 2.19. The largest absolute Gasteiger partial charge is 0.486 e. The second kappa shape index (κ2) is 6.86. The van der Waals surface area contributed by atoms with E-state index in [2.05, 4.69) is 15.6 Å². The van der Waals surface area contributed by atoms with Crippen molar-refractivity contribution < 1.29 is 14.3 Å². The van der Waals surface area contributed by atoms with Gasteiger partial charge in [-0.25, -0.2) is 4.79 Å². The fourth-order valence-electron chi connectivity index (χ4n) is 2.93. The third-order valence-corrected chi connectivity index (χ3v) is 4.16. The summed E-state index contributed by atoms with van der Waals surface area (Å²) in [5, 5.41) is 6.72. The summed E-state index contributed by atoms with van der Waals surface area (Å²) < 4.78 is 11.3. The summed E-state index contributed by atoms with van der Waals surface area (Å²) in [5.74, 6) is 0.646. The summed E-state index contributed by atoms with van der Waals surface area (Å²) in [6.45, 7) is 1.29. The maximum Gasteiger partial charge on any atom is 0.323 e. The first-order valence-corrected chi connectivity index (χ1v) is 8.27. The molecule has 1 aromatic heterocycles. The van der Waals surface area contributed by atoms with Crippen molar-refractivity contribution in [3.8, 4) is 5.75 Å². The van der Waals surface area contributed by atoms with E-state index in [0.717, 1.165) is 23.0 Å². The Labute approximate surface area is 145 Å². The molecule has 3 aromatic rings. The van der Waals surface area contributed by atoms with Gasteiger partial charge in [-0.05, 0) is 30.3 Å². The van der Waals surface area contributed by atoms with Gasteiger partial charge in [0.2, 0.25) is 0 Å². The van der Waals surface area contributed by atoms with Crippen LogP contribution in [0.3, 0.4) is 0 Å². The van der Waals surface area contributed by atoms with Crippen molar-refractivity contribution >= 4 is 28.3 Å². The second-order valence-electron chi connectivity index (χ2n) is 5.92. The summed E-state index contributed by atoms with van der Waals surface area (Å²) in [6.07, 6.45) is 2.73. The van der Waals surface area contributed by atoms with Crippen LogP contribution in [0.15, 0.2) is 54.7 Å². The fraction of sp³-hybridized carbons (Fsp3) is 0.211. The number of fused-ring (bicyclic) bond motifs is 1. The molecule has 128 valence electrons. The first-order chi connectivity index (χ1) is 12.3. The van der Waals surface area contributed by atoms with Crippen LogP contribution in [0.25, 0.3) is 10.9 Å². The number of hydrogen-bond acceptors (Lipinski definition) is 3. The van der Waals surface area contributed by atoms with Gasteiger partial charge in [0.1, 0.15) is 11.9 Å². The Morgan fingerprint density at radius 3 is 2.80 bits per heavy atom. The molecule has 3 N–H and O–H groups in total. The van der Waals surface area contributed by atoms with E-state index in [-0.39, 0.29) is 12.1 Å². The Bertz CT molecular complexity index is 884. The molecule has 0 saturated carbocycles. The van der Waals surface area contributed by atoms with Crippen LogP contribution >= 0.6 is 0 Å². The molecule has 0 radical (unpaired) electrons. The fourth-order valence-corrected chi connectivity index (χ4v) is 2.93.